The van der Waals surface area contributed by atoms with Crippen LogP contribution in [0.4, 0.5) is 11.4 Å². The molecule has 0 bridgehead atoms. The number of methoxy groups -OCH3 is 1. The Kier molecular flexibility index (Phi) is 5.76. The van der Waals surface area contributed by atoms with E-state index >= 15 is 0 Å². The number of benzene rings is 1. The summed E-state index contributed by atoms with van der Waals surface area (Å²) in [6.07, 6.45) is 6.42. The first-order valence-corrected chi connectivity index (χ1v) is 9.37. The lowest BCUT2D eigenvalue weighted by Gasteiger charge is -2.43. The number of fused-ring (bicyclic) bond motifs is 1. The number of piperidine rings is 1. The Morgan fingerprint density at radius 2 is 2.04 bits per heavy atom. The van der Waals surface area contributed by atoms with Crippen molar-refractivity contribution in [1.82, 2.24) is 4.90 Å². The van der Waals surface area contributed by atoms with Gasteiger partial charge >= 0.3 is 0 Å². The lowest BCUT2D eigenvalue weighted by molar-refractivity contribution is -0.384. The molecule has 2 fully saturated rings. The molecule has 7 nitrogen and oxygen atoms in total. The van der Waals surface area contributed by atoms with Crippen LogP contribution in [-0.2, 0) is 4.79 Å². The van der Waals surface area contributed by atoms with Crippen LogP contribution in [0.3, 0.4) is 0 Å². The van der Waals surface area contributed by atoms with Crippen molar-refractivity contribution in [1.29, 1.82) is 0 Å². The van der Waals surface area contributed by atoms with Crippen molar-refractivity contribution in [2.45, 2.75) is 45.1 Å². The predicted molar refractivity (Wildman–Crippen MR) is 99.4 cm³/mol. The quantitative estimate of drug-likeness (QED) is 0.641. The van der Waals surface area contributed by atoms with Crippen LogP contribution in [0.5, 0.6) is 5.75 Å². The normalized spacial score (nSPS) is 24.4. The van der Waals surface area contributed by atoms with Crippen LogP contribution in [0.2, 0.25) is 0 Å². The van der Waals surface area contributed by atoms with Crippen molar-refractivity contribution in [2.24, 2.45) is 11.8 Å². The minimum absolute atomic E-state index is 0.0627. The Bertz CT molecular complexity index is 679. The summed E-state index contributed by atoms with van der Waals surface area (Å²) in [5.41, 5.74) is 0.398. The van der Waals surface area contributed by atoms with Gasteiger partial charge in [0.2, 0.25) is 5.91 Å². The lowest BCUT2D eigenvalue weighted by Crippen LogP contribution is -2.49. The third-order valence-corrected chi connectivity index (χ3v) is 5.90. The Labute approximate surface area is 153 Å². The number of nitrogens with one attached hydrogen (secondary N) is 1. The molecule has 1 saturated heterocycles. The van der Waals surface area contributed by atoms with Crippen molar-refractivity contribution in [3.63, 3.8) is 0 Å². The highest BCUT2D eigenvalue weighted by molar-refractivity contribution is 5.96. The molecule has 3 atom stereocenters. The molecule has 1 heterocycles. The summed E-state index contributed by atoms with van der Waals surface area (Å²) in [4.78, 5) is 25.4. The van der Waals surface area contributed by atoms with Crippen molar-refractivity contribution in [3.05, 3.63) is 28.3 Å². The Morgan fingerprint density at radius 1 is 1.31 bits per heavy atom. The summed E-state index contributed by atoms with van der Waals surface area (Å²) < 4.78 is 5.20. The van der Waals surface area contributed by atoms with Gasteiger partial charge in [0.15, 0.2) is 0 Å². The third-order valence-electron chi connectivity index (χ3n) is 5.90. The molecule has 1 N–H and O–H groups in total. The first-order chi connectivity index (χ1) is 12.5. The fraction of sp³-hybridized carbons (Fsp3) is 0.632. The molecule has 2 aliphatic rings. The molecule has 7 heteroatoms. The summed E-state index contributed by atoms with van der Waals surface area (Å²) in [7, 11) is 1.44. The number of anilines is 1. The fourth-order valence-electron chi connectivity index (χ4n) is 4.28. The Morgan fingerprint density at radius 3 is 2.73 bits per heavy atom. The summed E-state index contributed by atoms with van der Waals surface area (Å²) in [5.74, 6) is 1.73. The summed E-state index contributed by atoms with van der Waals surface area (Å²) in [6.45, 7) is 3.86. The number of rotatable bonds is 5. The SMILES string of the molecule is COc1cc([N+](=O)[O-])ccc1NC(=O)[C@@H](C)N1CC[C@@H]2CCCC[C@@H]2C1. The van der Waals surface area contributed by atoms with E-state index < -0.39 is 4.92 Å². The standard InChI is InChI=1S/C19H27N3O4/c1-13(21-10-9-14-5-3-4-6-15(14)12-21)19(23)20-17-8-7-16(22(24)25)11-18(17)26-2/h7-8,11,13-15H,3-6,9-10,12H2,1-2H3,(H,20,23)/t13-,14+,15-/m1/s1. The third kappa shape index (κ3) is 3.98. The molecule has 0 aromatic heterocycles. The fourth-order valence-corrected chi connectivity index (χ4v) is 4.28. The van der Waals surface area contributed by atoms with E-state index in [1.807, 2.05) is 6.92 Å². The average Bonchev–Trinajstić information content (AvgIpc) is 2.67. The predicted octanol–water partition coefficient (Wildman–Crippen LogP) is 3.44. The molecule has 1 amide bonds. The van der Waals surface area contributed by atoms with Crippen LogP contribution in [0.1, 0.15) is 39.0 Å². The van der Waals surface area contributed by atoms with Crippen molar-refractivity contribution in [3.8, 4) is 5.75 Å². The van der Waals surface area contributed by atoms with E-state index in [9.17, 15) is 14.9 Å². The first-order valence-electron chi connectivity index (χ1n) is 9.37. The number of ether oxygens (including phenoxy) is 1. The minimum Gasteiger partial charge on any atom is -0.494 e. The summed E-state index contributed by atoms with van der Waals surface area (Å²) in [6, 6.07) is 3.98. The molecule has 1 aromatic rings. The zero-order valence-electron chi connectivity index (χ0n) is 15.4. The van der Waals surface area contributed by atoms with Gasteiger partial charge in [0.05, 0.1) is 29.8 Å². The number of carbonyl (C=O) groups is 1. The van der Waals surface area contributed by atoms with Gasteiger partial charge in [-0.05, 0) is 44.2 Å². The first kappa shape index (κ1) is 18.6. The molecule has 0 spiro atoms. The molecule has 3 rings (SSSR count). The number of carbonyl (C=O) groups excluding carboxylic acids is 1. The van der Waals surface area contributed by atoms with E-state index in [1.165, 1.54) is 57.4 Å². The van der Waals surface area contributed by atoms with Gasteiger partial charge in [-0.25, -0.2) is 0 Å². The number of likely N-dealkylation sites (tertiary alicyclic amines) is 1. The number of nitrogens with zero attached hydrogens (tertiary/aromatic N) is 2. The molecule has 1 saturated carbocycles. The van der Waals surface area contributed by atoms with Crippen LogP contribution in [0, 0.1) is 22.0 Å². The Balaban J connectivity index is 1.65. The number of nitro benzene ring substituents is 1. The monoisotopic (exact) mass is 361 g/mol. The number of amides is 1. The molecule has 1 aromatic carbocycles. The number of nitro groups is 1. The van der Waals surface area contributed by atoms with E-state index in [0.717, 1.165) is 19.0 Å². The number of hydrogen-bond donors (Lipinski definition) is 1. The van der Waals surface area contributed by atoms with Gasteiger partial charge in [-0.3, -0.25) is 19.8 Å². The van der Waals surface area contributed by atoms with Gasteiger partial charge in [-0.1, -0.05) is 19.3 Å². The molecular formula is C19H27N3O4. The second-order valence-corrected chi connectivity index (χ2v) is 7.40. The van der Waals surface area contributed by atoms with Crippen molar-refractivity contribution in [2.75, 3.05) is 25.5 Å². The maximum Gasteiger partial charge on any atom is 0.273 e. The van der Waals surface area contributed by atoms with E-state index in [0.29, 0.717) is 17.4 Å². The van der Waals surface area contributed by atoms with Crippen LogP contribution in [-0.4, -0.2) is 42.0 Å². The summed E-state index contributed by atoms with van der Waals surface area (Å²) >= 11 is 0. The largest absolute Gasteiger partial charge is 0.494 e. The highest BCUT2D eigenvalue weighted by Crippen LogP contribution is 2.37. The van der Waals surface area contributed by atoms with Gasteiger partial charge in [-0.2, -0.15) is 0 Å². The maximum atomic E-state index is 12.7. The summed E-state index contributed by atoms with van der Waals surface area (Å²) in [5, 5.41) is 13.8. The van der Waals surface area contributed by atoms with Gasteiger partial charge in [0, 0.05) is 12.6 Å². The second-order valence-electron chi connectivity index (χ2n) is 7.40. The van der Waals surface area contributed by atoms with Crippen molar-refractivity contribution < 1.29 is 14.5 Å². The van der Waals surface area contributed by atoms with Gasteiger partial charge in [-0.15, -0.1) is 0 Å². The van der Waals surface area contributed by atoms with E-state index in [1.54, 1.807) is 0 Å². The van der Waals surface area contributed by atoms with Crippen LogP contribution in [0.15, 0.2) is 18.2 Å². The van der Waals surface area contributed by atoms with Crippen LogP contribution < -0.4 is 10.1 Å². The topological polar surface area (TPSA) is 84.7 Å². The smallest absolute Gasteiger partial charge is 0.273 e. The molecule has 1 aliphatic carbocycles. The van der Waals surface area contributed by atoms with Gasteiger partial charge in [0.1, 0.15) is 5.75 Å². The number of non-ortho nitro benzene ring substituents is 1. The zero-order valence-corrected chi connectivity index (χ0v) is 15.4. The molecule has 142 valence electrons. The maximum absolute atomic E-state index is 12.7. The number of hydrogen-bond acceptors (Lipinski definition) is 5. The molecular weight excluding hydrogens is 334 g/mol. The van der Waals surface area contributed by atoms with Crippen LogP contribution >= 0.6 is 0 Å². The highest BCUT2D eigenvalue weighted by atomic mass is 16.6. The minimum atomic E-state index is -0.481. The second kappa shape index (κ2) is 8.03. The average molecular weight is 361 g/mol. The Hall–Kier alpha value is -2.15. The molecule has 0 radical (unpaired) electrons. The molecule has 0 unspecified atom stereocenters. The van der Waals surface area contributed by atoms with Crippen LogP contribution in [0.25, 0.3) is 0 Å². The van der Waals surface area contributed by atoms with E-state index in [2.05, 4.69) is 10.2 Å². The van der Waals surface area contributed by atoms with E-state index in [-0.39, 0.29) is 17.6 Å². The molecule has 1 aliphatic heterocycles. The zero-order chi connectivity index (χ0) is 18.7. The highest BCUT2D eigenvalue weighted by Gasteiger charge is 2.34. The van der Waals surface area contributed by atoms with Crippen molar-refractivity contribution >= 4 is 17.3 Å². The molecule has 26 heavy (non-hydrogen) atoms. The van der Waals surface area contributed by atoms with E-state index in [4.69, 9.17) is 4.74 Å². The lowest BCUT2D eigenvalue weighted by atomic mass is 9.75. The van der Waals surface area contributed by atoms with Gasteiger partial charge < -0.3 is 10.1 Å². The van der Waals surface area contributed by atoms with Gasteiger partial charge in [0.25, 0.3) is 5.69 Å².